The largest absolute Gasteiger partial charge is 0.455 e. The van der Waals surface area contributed by atoms with Crippen molar-refractivity contribution in [1.29, 1.82) is 0 Å². The molecule has 3 aromatic rings. The van der Waals surface area contributed by atoms with Gasteiger partial charge in [-0.1, -0.05) is 28.1 Å². The number of benzene rings is 2. The van der Waals surface area contributed by atoms with Gasteiger partial charge in [-0.05, 0) is 36.8 Å². The fraction of sp³-hybridized carbons (Fsp3) is 0.0556. The monoisotopic (exact) mass is 444 g/mol. The van der Waals surface area contributed by atoms with Gasteiger partial charge in [-0.2, -0.15) is 5.10 Å². The van der Waals surface area contributed by atoms with Gasteiger partial charge >= 0.3 is 5.69 Å². The first-order valence-corrected chi connectivity index (χ1v) is 8.72. The second-order valence-electron chi connectivity index (χ2n) is 5.75. The molecule has 0 fully saturated rings. The highest BCUT2D eigenvalue weighted by molar-refractivity contribution is 9.10. The average Bonchev–Trinajstić information content (AvgIpc) is 3.12. The Morgan fingerprint density at radius 3 is 2.54 bits per heavy atom. The molecule has 2 aromatic carbocycles. The summed E-state index contributed by atoms with van der Waals surface area (Å²) >= 11 is 3.48. The Labute approximate surface area is 167 Å². The van der Waals surface area contributed by atoms with Crippen molar-refractivity contribution in [2.75, 3.05) is 5.43 Å². The van der Waals surface area contributed by atoms with Gasteiger partial charge in [0, 0.05) is 16.1 Å². The molecule has 0 bridgehead atoms. The van der Waals surface area contributed by atoms with Gasteiger partial charge in [-0.15, -0.1) is 0 Å². The number of furan rings is 1. The molecule has 0 saturated carbocycles. The van der Waals surface area contributed by atoms with E-state index >= 15 is 0 Å². The van der Waals surface area contributed by atoms with E-state index in [0.717, 1.165) is 27.7 Å². The van der Waals surface area contributed by atoms with Gasteiger partial charge in [0.2, 0.25) is 0 Å². The van der Waals surface area contributed by atoms with Crippen LogP contribution in [0.4, 0.5) is 17.1 Å². The highest BCUT2D eigenvalue weighted by Gasteiger charge is 2.19. The number of rotatable bonds is 6. The first-order chi connectivity index (χ1) is 13.3. The number of nitrogens with zero attached hydrogens (tertiary/aromatic N) is 3. The summed E-state index contributed by atoms with van der Waals surface area (Å²) < 4.78 is 6.66. The zero-order valence-electron chi connectivity index (χ0n) is 14.5. The minimum atomic E-state index is -0.717. The molecule has 0 spiro atoms. The Hall–Kier alpha value is -3.53. The molecule has 3 rings (SSSR count). The van der Waals surface area contributed by atoms with Crippen molar-refractivity contribution >= 4 is 39.2 Å². The predicted molar refractivity (Wildman–Crippen MR) is 108 cm³/mol. The van der Waals surface area contributed by atoms with Crippen LogP contribution in [0.2, 0.25) is 0 Å². The van der Waals surface area contributed by atoms with Gasteiger partial charge in [0.05, 0.1) is 22.1 Å². The molecule has 0 radical (unpaired) electrons. The number of anilines is 1. The Balaban J connectivity index is 1.77. The number of nitro benzene ring substituents is 2. The highest BCUT2D eigenvalue weighted by Crippen LogP contribution is 2.29. The van der Waals surface area contributed by atoms with Gasteiger partial charge in [-0.3, -0.25) is 25.7 Å². The molecule has 0 aliphatic heterocycles. The second-order valence-corrected chi connectivity index (χ2v) is 6.61. The van der Waals surface area contributed by atoms with Crippen LogP contribution < -0.4 is 5.43 Å². The summed E-state index contributed by atoms with van der Waals surface area (Å²) in [4.78, 5) is 20.5. The van der Waals surface area contributed by atoms with E-state index in [1.807, 2.05) is 25.1 Å². The Kier molecular flexibility index (Phi) is 5.50. The number of aryl methyl sites for hydroxylation is 1. The molecule has 1 heterocycles. The maximum atomic E-state index is 11.1. The molecule has 0 aliphatic carbocycles. The van der Waals surface area contributed by atoms with E-state index < -0.39 is 15.5 Å². The topological polar surface area (TPSA) is 124 Å². The van der Waals surface area contributed by atoms with Crippen molar-refractivity contribution in [3.8, 4) is 11.3 Å². The third-order valence-electron chi connectivity index (χ3n) is 3.85. The van der Waals surface area contributed by atoms with Crippen LogP contribution in [0.5, 0.6) is 0 Å². The summed E-state index contributed by atoms with van der Waals surface area (Å²) in [5.41, 5.74) is 3.71. The molecule has 28 heavy (non-hydrogen) atoms. The quantitative estimate of drug-likeness (QED) is 0.313. The van der Waals surface area contributed by atoms with Crippen molar-refractivity contribution in [2.24, 2.45) is 5.10 Å². The second kappa shape index (κ2) is 8.01. The lowest BCUT2D eigenvalue weighted by Crippen LogP contribution is -1.98. The molecular weight excluding hydrogens is 432 g/mol. The molecule has 142 valence electrons. The van der Waals surface area contributed by atoms with E-state index in [-0.39, 0.29) is 11.4 Å². The SMILES string of the molecule is Cc1ccc(-c2ccc(/C=N\Nc3ccc([N+](=O)[O-])cc3[N+](=O)[O-])o2)cc1Br. The van der Waals surface area contributed by atoms with E-state index in [2.05, 4.69) is 26.5 Å². The fourth-order valence-corrected chi connectivity index (χ4v) is 2.75. The van der Waals surface area contributed by atoms with Crippen molar-refractivity contribution < 1.29 is 14.3 Å². The maximum absolute atomic E-state index is 11.1. The van der Waals surface area contributed by atoms with Crippen LogP contribution in [-0.2, 0) is 0 Å². The molecular formula is C18H13BrN4O5. The highest BCUT2D eigenvalue weighted by atomic mass is 79.9. The molecule has 1 N–H and O–H groups in total. The summed E-state index contributed by atoms with van der Waals surface area (Å²) in [5, 5.41) is 25.8. The van der Waals surface area contributed by atoms with E-state index in [1.165, 1.54) is 12.3 Å². The van der Waals surface area contributed by atoms with E-state index in [9.17, 15) is 20.2 Å². The van der Waals surface area contributed by atoms with Crippen LogP contribution in [0.25, 0.3) is 11.3 Å². The normalized spacial score (nSPS) is 10.9. The average molecular weight is 445 g/mol. The van der Waals surface area contributed by atoms with Crippen LogP contribution in [0.15, 0.2) is 62.5 Å². The molecule has 0 saturated heterocycles. The number of halogens is 1. The van der Waals surface area contributed by atoms with Crippen molar-refractivity contribution in [3.05, 3.63) is 84.6 Å². The molecule has 1 aromatic heterocycles. The summed E-state index contributed by atoms with van der Waals surface area (Å²) in [6, 6.07) is 12.6. The molecule has 9 nitrogen and oxygen atoms in total. The Bertz CT molecular complexity index is 1090. The third-order valence-corrected chi connectivity index (χ3v) is 4.70. The molecule has 0 unspecified atom stereocenters. The van der Waals surface area contributed by atoms with Gasteiger partial charge < -0.3 is 4.42 Å². The standard InChI is InChI=1S/C18H13BrN4O5/c1-11-2-3-12(8-15(11)19)18-7-5-14(28-18)10-20-21-16-6-4-13(22(24)25)9-17(16)23(26)27/h2-10,21H,1H3/b20-10-. The zero-order valence-corrected chi connectivity index (χ0v) is 16.0. The lowest BCUT2D eigenvalue weighted by molar-refractivity contribution is -0.393. The lowest BCUT2D eigenvalue weighted by Gasteiger charge is -2.02. The van der Waals surface area contributed by atoms with E-state index in [1.54, 1.807) is 12.1 Å². The maximum Gasteiger partial charge on any atom is 0.301 e. The van der Waals surface area contributed by atoms with Crippen LogP contribution in [0, 0.1) is 27.2 Å². The summed E-state index contributed by atoms with van der Waals surface area (Å²) in [6.07, 6.45) is 1.36. The van der Waals surface area contributed by atoms with E-state index in [0.29, 0.717) is 11.5 Å². The zero-order chi connectivity index (χ0) is 20.3. The Morgan fingerprint density at radius 1 is 1.07 bits per heavy atom. The number of hydrazone groups is 1. The predicted octanol–water partition coefficient (Wildman–Crippen LogP) is 5.28. The smallest absolute Gasteiger partial charge is 0.301 e. The molecule has 0 aliphatic rings. The number of nitrogens with one attached hydrogen (secondary N) is 1. The minimum absolute atomic E-state index is 0.0288. The number of hydrogen-bond donors (Lipinski definition) is 1. The van der Waals surface area contributed by atoms with Gasteiger partial charge in [0.15, 0.2) is 0 Å². The molecule has 0 amide bonds. The molecule has 10 heteroatoms. The van der Waals surface area contributed by atoms with Crippen molar-refractivity contribution in [3.63, 3.8) is 0 Å². The minimum Gasteiger partial charge on any atom is -0.455 e. The number of non-ortho nitro benzene ring substituents is 1. The first-order valence-electron chi connectivity index (χ1n) is 7.93. The van der Waals surface area contributed by atoms with Crippen LogP contribution >= 0.6 is 15.9 Å². The number of nitro groups is 2. The summed E-state index contributed by atoms with van der Waals surface area (Å²) in [7, 11) is 0. The fourth-order valence-electron chi connectivity index (χ4n) is 2.37. The Morgan fingerprint density at radius 2 is 1.86 bits per heavy atom. The van der Waals surface area contributed by atoms with Gasteiger partial charge in [0.1, 0.15) is 17.2 Å². The van der Waals surface area contributed by atoms with Crippen molar-refractivity contribution in [1.82, 2.24) is 0 Å². The summed E-state index contributed by atoms with van der Waals surface area (Å²) in [6.45, 7) is 1.98. The van der Waals surface area contributed by atoms with Crippen LogP contribution in [0.3, 0.4) is 0 Å². The number of hydrogen-bond acceptors (Lipinski definition) is 7. The van der Waals surface area contributed by atoms with Crippen LogP contribution in [0.1, 0.15) is 11.3 Å². The first kappa shape index (κ1) is 19.2. The van der Waals surface area contributed by atoms with Gasteiger partial charge in [-0.25, -0.2) is 0 Å². The van der Waals surface area contributed by atoms with Crippen molar-refractivity contribution in [2.45, 2.75) is 6.92 Å². The van der Waals surface area contributed by atoms with E-state index in [4.69, 9.17) is 4.42 Å². The molecule has 0 atom stereocenters. The van der Waals surface area contributed by atoms with Gasteiger partial charge in [0.25, 0.3) is 5.69 Å². The summed E-state index contributed by atoms with van der Waals surface area (Å²) in [5.74, 6) is 1.08. The van der Waals surface area contributed by atoms with Crippen LogP contribution in [-0.4, -0.2) is 16.1 Å². The third kappa shape index (κ3) is 4.23. The lowest BCUT2D eigenvalue weighted by atomic mass is 10.1.